The molecule has 8 heteroatoms. The minimum absolute atomic E-state index is 0.0819. The Bertz CT molecular complexity index is 1130. The largest absolute Gasteiger partial charge is 0.359 e. The van der Waals surface area contributed by atoms with Crippen LogP contribution in [0.25, 0.3) is 0 Å². The predicted molar refractivity (Wildman–Crippen MR) is 115 cm³/mol. The predicted octanol–water partition coefficient (Wildman–Crippen LogP) is 4.39. The monoisotopic (exact) mass is 448 g/mol. The lowest BCUT2D eigenvalue weighted by molar-refractivity contribution is 0.101. The number of likely N-dealkylation sites (N-methyl/N-ethyl adjacent to an activating group) is 1. The van der Waals surface area contributed by atoms with E-state index in [1.807, 2.05) is 13.8 Å². The summed E-state index contributed by atoms with van der Waals surface area (Å²) in [5, 5.41) is 0.258. The molecule has 1 atom stereocenters. The van der Waals surface area contributed by atoms with Crippen molar-refractivity contribution in [2.24, 2.45) is 0 Å². The highest BCUT2D eigenvalue weighted by Gasteiger charge is 2.32. The molecule has 0 aliphatic carbocycles. The van der Waals surface area contributed by atoms with E-state index in [1.54, 1.807) is 19.2 Å². The van der Waals surface area contributed by atoms with Gasteiger partial charge in [0.2, 0.25) is 10.0 Å². The van der Waals surface area contributed by atoms with Crippen molar-refractivity contribution in [3.8, 4) is 0 Å². The van der Waals surface area contributed by atoms with Crippen molar-refractivity contribution in [2.75, 3.05) is 7.05 Å². The maximum absolute atomic E-state index is 13.6. The number of sulfonamides is 1. The minimum atomic E-state index is -3.94. The standard InChI is InChI=1S/C22H22ClFN2O3S/c1-14(2)15-7-9-19(10-8-15)30(28,29)25-22-20(12-17(23)13-26(22)3)21(27)16-5-4-6-18(24)11-16/h4-14,22,25H,1-3H3. The lowest BCUT2D eigenvalue weighted by atomic mass is 9.99. The number of nitrogens with one attached hydrogen (secondary N) is 1. The molecule has 5 nitrogen and oxygen atoms in total. The first-order valence-corrected chi connectivity index (χ1v) is 11.2. The number of rotatable bonds is 6. The number of hydrogen-bond acceptors (Lipinski definition) is 4. The molecule has 1 unspecified atom stereocenters. The Morgan fingerprint density at radius 2 is 1.83 bits per heavy atom. The van der Waals surface area contributed by atoms with Gasteiger partial charge in [0.05, 0.1) is 9.93 Å². The van der Waals surface area contributed by atoms with E-state index in [-0.39, 0.29) is 27.0 Å². The third-order valence-corrected chi connectivity index (χ3v) is 6.43. The summed E-state index contributed by atoms with van der Waals surface area (Å²) in [6, 6.07) is 11.8. The number of halogens is 2. The molecular formula is C22H22ClFN2O3S. The summed E-state index contributed by atoms with van der Waals surface area (Å²) >= 11 is 6.11. The zero-order valence-corrected chi connectivity index (χ0v) is 18.3. The van der Waals surface area contributed by atoms with Crippen molar-refractivity contribution in [3.63, 3.8) is 0 Å². The van der Waals surface area contributed by atoms with Crippen LogP contribution >= 0.6 is 11.6 Å². The molecule has 1 N–H and O–H groups in total. The molecule has 30 heavy (non-hydrogen) atoms. The topological polar surface area (TPSA) is 66.5 Å². The van der Waals surface area contributed by atoms with E-state index in [0.717, 1.165) is 11.6 Å². The molecule has 1 aliphatic rings. The third kappa shape index (κ3) is 4.80. The van der Waals surface area contributed by atoms with Crippen LogP contribution in [0.2, 0.25) is 0 Å². The summed E-state index contributed by atoms with van der Waals surface area (Å²) < 4.78 is 42.1. The summed E-state index contributed by atoms with van der Waals surface area (Å²) in [4.78, 5) is 14.6. The summed E-state index contributed by atoms with van der Waals surface area (Å²) in [6.45, 7) is 4.04. The molecule has 1 heterocycles. The highest BCUT2D eigenvalue weighted by molar-refractivity contribution is 7.89. The fourth-order valence-corrected chi connectivity index (χ4v) is 4.62. The van der Waals surface area contributed by atoms with Gasteiger partial charge in [0.25, 0.3) is 0 Å². The van der Waals surface area contributed by atoms with Gasteiger partial charge in [0.15, 0.2) is 5.78 Å². The molecule has 1 aliphatic heterocycles. The van der Waals surface area contributed by atoms with Gasteiger partial charge in [-0.15, -0.1) is 0 Å². The van der Waals surface area contributed by atoms with Crippen molar-refractivity contribution in [3.05, 3.63) is 88.4 Å². The number of allylic oxidation sites excluding steroid dienone is 2. The summed E-state index contributed by atoms with van der Waals surface area (Å²) in [5.41, 5.74) is 1.21. The number of benzene rings is 2. The van der Waals surface area contributed by atoms with E-state index < -0.39 is 27.8 Å². The van der Waals surface area contributed by atoms with Gasteiger partial charge in [-0.25, -0.2) is 12.8 Å². The molecule has 2 aromatic rings. The second-order valence-corrected chi connectivity index (χ2v) is 9.52. The van der Waals surface area contributed by atoms with Crippen molar-refractivity contribution >= 4 is 27.4 Å². The van der Waals surface area contributed by atoms with Crippen LogP contribution in [0.3, 0.4) is 0 Å². The molecule has 3 rings (SSSR count). The molecule has 158 valence electrons. The zero-order chi connectivity index (χ0) is 22.1. The SMILES string of the molecule is CC(C)c1ccc(S(=O)(=O)NC2C(C(=O)c3cccc(F)c3)=CC(Cl)=CN2C)cc1. The van der Waals surface area contributed by atoms with Crippen LogP contribution in [-0.2, 0) is 10.0 Å². The fraction of sp³-hybridized carbons (Fsp3) is 0.227. The molecule has 0 aromatic heterocycles. The van der Waals surface area contributed by atoms with Crippen LogP contribution in [0, 0.1) is 5.82 Å². The van der Waals surface area contributed by atoms with Gasteiger partial charge < -0.3 is 4.90 Å². The number of hydrogen-bond donors (Lipinski definition) is 1. The molecule has 0 fully saturated rings. The van der Waals surface area contributed by atoms with E-state index in [4.69, 9.17) is 11.6 Å². The molecule has 0 saturated carbocycles. The van der Waals surface area contributed by atoms with Gasteiger partial charge in [-0.1, -0.05) is 49.7 Å². The first-order valence-electron chi connectivity index (χ1n) is 9.32. The van der Waals surface area contributed by atoms with Crippen LogP contribution in [-0.4, -0.2) is 32.3 Å². The minimum Gasteiger partial charge on any atom is -0.359 e. The quantitative estimate of drug-likeness (QED) is 0.665. The van der Waals surface area contributed by atoms with Crippen LogP contribution in [0.15, 0.2) is 76.3 Å². The highest BCUT2D eigenvalue weighted by atomic mass is 35.5. The first-order chi connectivity index (χ1) is 14.1. The molecular weight excluding hydrogens is 427 g/mol. The van der Waals surface area contributed by atoms with Gasteiger partial charge in [0.1, 0.15) is 12.0 Å². The zero-order valence-electron chi connectivity index (χ0n) is 16.8. The Morgan fingerprint density at radius 1 is 1.17 bits per heavy atom. The van der Waals surface area contributed by atoms with Gasteiger partial charge in [0, 0.05) is 24.4 Å². The number of Topliss-reactive ketones (excluding diaryl/α,β-unsaturated/α-hetero) is 1. The molecule has 2 aromatic carbocycles. The van der Waals surface area contributed by atoms with Crippen LogP contribution in [0.5, 0.6) is 0 Å². The smallest absolute Gasteiger partial charge is 0.242 e. The van der Waals surface area contributed by atoms with E-state index in [2.05, 4.69) is 4.72 Å². The van der Waals surface area contributed by atoms with E-state index >= 15 is 0 Å². The third-order valence-electron chi connectivity index (χ3n) is 4.80. The normalized spacial score (nSPS) is 17.0. The lowest BCUT2D eigenvalue weighted by Crippen LogP contribution is -2.48. The highest BCUT2D eigenvalue weighted by Crippen LogP contribution is 2.26. The Kier molecular flexibility index (Phi) is 6.45. The maximum atomic E-state index is 13.6. The Labute approximate surface area is 180 Å². The number of carbonyl (C=O) groups excluding carboxylic acids is 1. The second kappa shape index (κ2) is 8.71. The van der Waals surface area contributed by atoms with Crippen molar-refractivity contribution in [2.45, 2.75) is 30.8 Å². The average molecular weight is 449 g/mol. The first kappa shape index (κ1) is 22.2. The Balaban J connectivity index is 1.94. The number of ketones is 1. The van der Waals surface area contributed by atoms with Crippen LogP contribution in [0.1, 0.15) is 35.7 Å². The number of nitrogens with zero attached hydrogens (tertiary/aromatic N) is 1. The van der Waals surface area contributed by atoms with E-state index in [9.17, 15) is 17.6 Å². The fourth-order valence-electron chi connectivity index (χ4n) is 3.13. The lowest BCUT2D eigenvalue weighted by Gasteiger charge is -2.32. The van der Waals surface area contributed by atoms with Gasteiger partial charge in [-0.05, 0) is 41.8 Å². The van der Waals surface area contributed by atoms with E-state index in [1.165, 1.54) is 47.5 Å². The Hall–Kier alpha value is -2.48. The van der Waals surface area contributed by atoms with Crippen molar-refractivity contribution in [1.82, 2.24) is 9.62 Å². The molecule has 0 spiro atoms. The second-order valence-electron chi connectivity index (χ2n) is 7.37. The Morgan fingerprint density at radius 3 is 2.43 bits per heavy atom. The summed E-state index contributed by atoms with van der Waals surface area (Å²) in [7, 11) is -2.34. The van der Waals surface area contributed by atoms with Crippen LogP contribution < -0.4 is 4.72 Å². The van der Waals surface area contributed by atoms with Crippen LogP contribution in [0.4, 0.5) is 4.39 Å². The van der Waals surface area contributed by atoms with Gasteiger partial charge >= 0.3 is 0 Å². The van der Waals surface area contributed by atoms with Gasteiger partial charge in [-0.3, -0.25) is 4.79 Å². The molecule has 0 saturated heterocycles. The molecule has 0 radical (unpaired) electrons. The maximum Gasteiger partial charge on any atom is 0.242 e. The molecule has 0 amide bonds. The van der Waals surface area contributed by atoms with Crippen molar-refractivity contribution in [1.29, 1.82) is 0 Å². The number of carbonyl (C=O) groups is 1. The van der Waals surface area contributed by atoms with Crippen molar-refractivity contribution < 1.29 is 17.6 Å². The summed E-state index contributed by atoms with van der Waals surface area (Å²) in [5.74, 6) is -0.810. The molecule has 0 bridgehead atoms. The van der Waals surface area contributed by atoms with Gasteiger partial charge in [-0.2, -0.15) is 4.72 Å². The average Bonchev–Trinajstić information content (AvgIpc) is 2.69. The summed E-state index contributed by atoms with van der Waals surface area (Å²) in [6.07, 6.45) is 1.90. The van der Waals surface area contributed by atoms with E-state index in [0.29, 0.717) is 0 Å².